The lowest BCUT2D eigenvalue weighted by Gasteiger charge is -2.34. The number of nitrogens with zero attached hydrogens (tertiary/aromatic N) is 1. The Kier molecular flexibility index (Phi) is 5.36. The number of carbonyl (C=O) groups is 2. The van der Waals surface area contributed by atoms with Gasteiger partial charge in [0.1, 0.15) is 4.92 Å². The van der Waals surface area contributed by atoms with Crippen LogP contribution in [0.3, 0.4) is 0 Å². The van der Waals surface area contributed by atoms with Gasteiger partial charge in [0.25, 0.3) is 5.91 Å². The summed E-state index contributed by atoms with van der Waals surface area (Å²) < 4.78 is 9.53. The standard InChI is InChI=1S/C15H20N2O6/c1-9-4-3-5-11(10(9)2)16-13(18)8-22-15(19)12-6-7-14(23-12)17(20)21/h6-7,9-11H,3-5,8H2,1-2H3,(H,16,18)/t9-,10+,11-/m1/s1. The molecular weight excluding hydrogens is 304 g/mol. The van der Waals surface area contributed by atoms with Crippen molar-refractivity contribution in [1.29, 1.82) is 0 Å². The first-order chi connectivity index (χ1) is 10.9. The summed E-state index contributed by atoms with van der Waals surface area (Å²) in [4.78, 5) is 33.3. The molecule has 0 saturated heterocycles. The van der Waals surface area contributed by atoms with Gasteiger partial charge in [0.05, 0.1) is 6.07 Å². The van der Waals surface area contributed by atoms with Crippen molar-refractivity contribution in [1.82, 2.24) is 5.32 Å². The van der Waals surface area contributed by atoms with Crippen LogP contribution in [-0.2, 0) is 9.53 Å². The maximum absolute atomic E-state index is 11.9. The minimum absolute atomic E-state index is 0.0784. The summed E-state index contributed by atoms with van der Waals surface area (Å²) in [5.74, 6) is -1.23. The zero-order valence-electron chi connectivity index (χ0n) is 13.1. The van der Waals surface area contributed by atoms with Crippen LogP contribution in [0.5, 0.6) is 0 Å². The molecule has 0 unspecified atom stereocenters. The number of amides is 1. The minimum atomic E-state index is -0.904. The average Bonchev–Trinajstić information content (AvgIpc) is 3.00. The molecule has 8 nitrogen and oxygen atoms in total. The number of nitro groups is 1. The molecule has 1 saturated carbocycles. The van der Waals surface area contributed by atoms with E-state index in [9.17, 15) is 19.7 Å². The van der Waals surface area contributed by atoms with Gasteiger partial charge in [-0.1, -0.05) is 26.7 Å². The Balaban J connectivity index is 1.81. The fraction of sp³-hybridized carbons (Fsp3) is 0.600. The highest BCUT2D eigenvalue weighted by Gasteiger charge is 2.28. The Labute approximate surface area is 133 Å². The molecule has 2 rings (SSSR count). The highest BCUT2D eigenvalue weighted by molar-refractivity contribution is 5.89. The molecule has 0 aliphatic heterocycles. The number of hydrogen-bond acceptors (Lipinski definition) is 6. The molecule has 0 bridgehead atoms. The van der Waals surface area contributed by atoms with Crippen LogP contribution in [0.25, 0.3) is 0 Å². The summed E-state index contributed by atoms with van der Waals surface area (Å²) in [5, 5.41) is 13.4. The molecule has 1 aromatic heterocycles. The second-order valence-corrected chi connectivity index (χ2v) is 5.91. The molecule has 1 aliphatic rings. The van der Waals surface area contributed by atoms with Crippen LogP contribution < -0.4 is 5.32 Å². The lowest BCUT2D eigenvalue weighted by Crippen LogP contribution is -2.45. The monoisotopic (exact) mass is 324 g/mol. The third kappa shape index (κ3) is 4.30. The van der Waals surface area contributed by atoms with Crippen LogP contribution >= 0.6 is 0 Å². The van der Waals surface area contributed by atoms with Gasteiger partial charge < -0.3 is 14.5 Å². The van der Waals surface area contributed by atoms with Crippen LogP contribution in [0.4, 0.5) is 5.88 Å². The van der Waals surface area contributed by atoms with E-state index in [0.717, 1.165) is 31.4 Å². The molecule has 0 radical (unpaired) electrons. The Morgan fingerprint density at radius 3 is 2.78 bits per heavy atom. The second-order valence-electron chi connectivity index (χ2n) is 5.91. The first-order valence-electron chi connectivity index (χ1n) is 7.59. The molecule has 3 atom stereocenters. The van der Waals surface area contributed by atoms with E-state index in [2.05, 4.69) is 19.2 Å². The maximum Gasteiger partial charge on any atom is 0.433 e. The normalized spacial score (nSPS) is 24.0. The predicted molar refractivity (Wildman–Crippen MR) is 79.8 cm³/mol. The van der Waals surface area contributed by atoms with Crippen molar-refractivity contribution in [3.05, 3.63) is 28.0 Å². The molecule has 0 aromatic carbocycles. The molecule has 1 N–H and O–H groups in total. The van der Waals surface area contributed by atoms with E-state index in [1.807, 2.05) is 0 Å². The minimum Gasteiger partial charge on any atom is -0.450 e. The smallest absolute Gasteiger partial charge is 0.433 e. The summed E-state index contributed by atoms with van der Waals surface area (Å²) in [6, 6.07) is 2.28. The van der Waals surface area contributed by atoms with Gasteiger partial charge in [0.15, 0.2) is 6.61 Å². The Morgan fingerprint density at radius 1 is 1.39 bits per heavy atom. The summed E-state index contributed by atoms with van der Waals surface area (Å²) >= 11 is 0. The van der Waals surface area contributed by atoms with E-state index in [1.54, 1.807) is 0 Å². The van der Waals surface area contributed by atoms with E-state index in [4.69, 9.17) is 9.15 Å². The van der Waals surface area contributed by atoms with E-state index < -0.39 is 23.4 Å². The molecule has 1 amide bonds. The molecule has 126 valence electrons. The van der Waals surface area contributed by atoms with E-state index in [1.165, 1.54) is 0 Å². The van der Waals surface area contributed by atoms with E-state index >= 15 is 0 Å². The quantitative estimate of drug-likeness (QED) is 0.505. The molecule has 23 heavy (non-hydrogen) atoms. The number of esters is 1. The van der Waals surface area contributed by atoms with Crippen molar-refractivity contribution in [2.75, 3.05) is 6.61 Å². The largest absolute Gasteiger partial charge is 0.450 e. The number of furan rings is 1. The van der Waals surface area contributed by atoms with E-state index in [-0.39, 0.29) is 17.7 Å². The van der Waals surface area contributed by atoms with Crippen molar-refractivity contribution in [2.45, 2.75) is 39.2 Å². The zero-order valence-corrected chi connectivity index (χ0v) is 13.1. The van der Waals surface area contributed by atoms with Crippen LogP contribution in [0, 0.1) is 22.0 Å². The molecule has 0 spiro atoms. The van der Waals surface area contributed by atoms with Crippen molar-refractivity contribution >= 4 is 17.8 Å². The third-order valence-electron chi connectivity index (χ3n) is 4.36. The number of nitrogens with one attached hydrogen (secondary N) is 1. The fourth-order valence-corrected chi connectivity index (χ4v) is 2.77. The molecule has 1 aromatic rings. The molecule has 8 heteroatoms. The lowest BCUT2D eigenvalue weighted by atomic mass is 9.78. The Hall–Kier alpha value is -2.38. The van der Waals surface area contributed by atoms with Crippen LogP contribution in [-0.4, -0.2) is 29.4 Å². The van der Waals surface area contributed by atoms with Crippen molar-refractivity contribution in [2.24, 2.45) is 11.8 Å². The van der Waals surface area contributed by atoms with Crippen molar-refractivity contribution in [3.8, 4) is 0 Å². The van der Waals surface area contributed by atoms with Gasteiger partial charge in [-0.2, -0.15) is 0 Å². The van der Waals surface area contributed by atoms with Gasteiger partial charge in [-0.05, 0) is 24.3 Å². The second kappa shape index (κ2) is 7.26. The van der Waals surface area contributed by atoms with Crippen molar-refractivity contribution < 1.29 is 23.7 Å². The lowest BCUT2D eigenvalue weighted by molar-refractivity contribution is -0.402. The highest BCUT2D eigenvalue weighted by atomic mass is 16.7. The Bertz CT molecular complexity index is 597. The summed E-state index contributed by atoms with van der Waals surface area (Å²) in [6.45, 7) is 3.82. The molecule has 1 heterocycles. The average molecular weight is 324 g/mol. The van der Waals surface area contributed by atoms with Crippen LogP contribution in [0.15, 0.2) is 16.5 Å². The van der Waals surface area contributed by atoms with Gasteiger partial charge in [0.2, 0.25) is 5.76 Å². The van der Waals surface area contributed by atoms with Gasteiger partial charge in [-0.15, -0.1) is 0 Å². The van der Waals surface area contributed by atoms with E-state index in [0.29, 0.717) is 11.8 Å². The van der Waals surface area contributed by atoms with Gasteiger partial charge in [-0.25, -0.2) is 4.79 Å². The number of rotatable bonds is 5. The fourth-order valence-electron chi connectivity index (χ4n) is 2.77. The predicted octanol–water partition coefficient (Wildman–Crippen LogP) is 2.29. The number of carbonyl (C=O) groups excluding carboxylic acids is 2. The summed E-state index contributed by atoms with van der Waals surface area (Å²) in [6.07, 6.45) is 3.13. The first kappa shape index (κ1) is 17.0. The molecular formula is C15H20N2O6. The number of hydrogen-bond donors (Lipinski definition) is 1. The third-order valence-corrected chi connectivity index (χ3v) is 4.36. The highest BCUT2D eigenvalue weighted by Crippen LogP contribution is 2.29. The maximum atomic E-state index is 11.9. The first-order valence-corrected chi connectivity index (χ1v) is 7.59. The molecule has 1 aliphatic carbocycles. The number of ether oxygens (including phenoxy) is 1. The Morgan fingerprint density at radius 2 is 2.13 bits per heavy atom. The summed E-state index contributed by atoms with van der Waals surface area (Å²) in [5.41, 5.74) is 0. The SMILES string of the molecule is C[C@H]1[C@H](C)CCC[C@H]1NC(=O)COC(=O)c1ccc([N+](=O)[O-])o1. The zero-order chi connectivity index (χ0) is 17.0. The summed E-state index contributed by atoms with van der Waals surface area (Å²) in [7, 11) is 0. The molecule has 1 fully saturated rings. The van der Waals surface area contributed by atoms with Gasteiger partial charge >= 0.3 is 11.9 Å². The van der Waals surface area contributed by atoms with Crippen LogP contribution in [0.1, 0.15) is 43.7 Å². The van der Waals surface area contributed by atoms with Crippen molar-refractivity contribution in [3.63, 3.8) is 0 Å². The van der Waals surface area contributed by atoms with Gasteiger partial charge in [-0.3, -0.25) is 14.9 Å². The van der Waals surface area contributed by atoms with Crippen LogP contribution in [0.2, 0.25) is 0 Å². The van der Waals surface area contributed by atoms with Gasteiger partial charge in [0, 0.05) is 6.04 Å². The topological polar surface area (TPSA) is 112 Å².